The van der Waals surface area contributed by atoms with Crippen LogP contribution in [0, 0.1) is 6.92 Å². The highest BCUT2D eigenvalue weighted by molar-refractivity contribution is 5.82. The molecule has 0 aliphatic rings. The van der Waals surface area contributed by atoms with Gasteiger partial charge in [-0.25, -0.2) is 4.68 Å². The van der Waals surface area contributed by atoms with Crippen LogP contribution in [-0.2, 0) is 7.05 Å². The van der Waals surface area contributed by atoms with Gasteiger partial charge in [-0.05, 0) is 31.2 Å². The maximum absolute atomic E-state index is 4.21. The molecule has 0 aliphatic heterocycles. The van der Waals surface area contributed by atoms with Crippen molar-refractivity contribution in [1.82, 2.24) is 29.8 Å². The largest absolute Gasteiger partial charge is 0.359 e. The number of benzene rings is 1. The SMILES string of the molecule is Cc1cc2cc(-n3cc(-c4cnn(C)c4)nn3)ccc2[nH]1. The molecule has 0 radical (unpaired) electrons. The standard InChI is InChI=1S/C15H14N6/c1-10-5-11-6-13(3-4-14(11)17-10)21-9-15(18-19-21)12-7-16-20(2)8-12/h3-9,17H,1-2H3. The van der Waals surface area contributed by atoms with E-state index in [4.69, 9.17) is 0 Å². The van der Waals surface area contributed by atoms with E-state index in [0.29, 0.717) is 0 Å². The van der Waals surface area contributed by atoms with Gasteiger partial charge in [0.1, 0.15) is 5.69 Å². The lowest BCUT2D eigenvalue weighted by molar-refractivity contribution is 0.768. The van der Waals surface area contributed by atoms with E-state index in [9.17, 15) is 0 Å². The zero-order valence-corrected chi connectivity index (χ0v) is 11.8. The highest BCUT2D eigenvalue weighted by Gasteiger charge is 2.08. The van der Waals surface area contributed by atoms with Gasteiger partial charge in [0.15, 0.2) is 0 Å². The van der Waals surface area contributed by atoms with E-state index in [-0.39, 0.29) is 0 Å². The minimum atomic E-state index is 0.813. The minimum Gasteiger partial charge on any atom is -0.359 e. The number of hydrogen-bond donors (Lipinski definition) is 1. The molecule has 1 N–H and O–H groups in total. The summed E-state index contributed by atoms with van der Waals surface area (Å²) in [5.74, 6) is 0. The fourth-order valence-electron chi connectivity index (χ4n) is 2.48. The van der Waals surface area contributed by atoms with Crippen molar-refractivity contribution in [2.45, 2.75) is 6.92 Å². The highest BCUT2D eigenvalue weighted by Crippen LogP contribution is 2.21. The van der Waals surface area contributed by atoms with Crippen LogP contribution in [0.1, 0.15) is 5.69 Å². The first-order chi connectivity index (χ1) is 10.2. The molecule has 104 valence electrons. The summed E-state index contributed by atoms with van der Waals surface area (Å²) in [6.45, 7) is 2.05. The topological polar surface area (TPSA) is 64.3 Å². The van der Waals surface area contributed by atoms with Crippen LogP contribution in [0.15, 0.2) is 42.9 Å². The molecule has 0 unspecified atom stereocenters. The monoisotopic (exact) mass is 278 g/mol. The van der Waals surface area contributed by atoms with E-state index < -0.39 is 0 Å². The van der Waals surface area contributed by atoms with Crippen molar-refractivity contribution >= 4 is 10.9 Å². The van der Waals surface area contributed by atoms with Crippen LogP contribution in [0.3, 0.4) is 0 Å². The Balaban J connectivity index is 1.76. The molecule has 0 bridgehead atoms. The van der Waals surface area contributed by atoms with Crippen LogP contribution < -0.4 is 0 Å². The van der Waals surface area contributed by atoms with Crippen molar-refractivity contribution in [1.29, 1.82) is 0 Å². The summed E-state index contributed by atoms with van der Waals surface area (Å²) in [6, 6.07) is 8.31. The Morgan fingerprint density at radius 3 is 2.86 bits per heavy atom. The van der Waals surface area contributed by atoms with Gasteiger partial charge in [-0.2, -0.15) is 5.10 Å². The van der Waals surface area contributed by atoms with Crippen molar-refractivity contribution in [3.8, 4) is 16.9 Å². The second kappa shape index (κ2) is 4.31. The van der Waals surface area contributed by atoms with Gasteiger partial charge < -0.3 is 4.98 Å². The smallest absolute Gasteiger partial charge is 0.116 e. The summed E-state index contributed by atoms with van der Waals surface area (Å²) in [7, 11) is 1.89. The number of rotatable bonds is 2. The number of aromatic nitrogens is 6. The molecule has 4 rings (SSSR count). The summed E-state index contributed by atoms with van der Waals surface area (Å²) in [5, 5.41) is 13.7. The van der Waals surface area contributed by atoms with Crippen molar-refractivity contribution in [2.24, 2.45) is 7.05 Å². The molecule has 3 aromatic heterocycles. The molecule has 6 heteroatoms. The van der Waals surface area contributed by atoms with E-state index >= 15 is 0 Å². The molecule has 6 nitrogen and oxygen atoms in total. The van der Waals surface area contributed by atoms with Crippen molar-refractivity contribution in [3.63, 3.8) is 0 Å². The third kappa shape index (κ3) is 2.01. The van der Waals surface area contributed by atoms with Gasteiger partial charge in [-0.3, -0.25) is 4.68 Å². The lowest BCUT2D eigenvalue weighted by atomic mass is 10.2. The number of nitrogens with zero attached hydrogens (tertiary/aromatic N) is 5. The third-order valence-corrected chi connectivity index (χ3v) is 3.50. The maximum Gasteiger partial charge on any atom is 0.116 e. The van der Waals surface area contributed by atoms with E-state index in [0.717, 1.165) is 28.2 Å². The first kappa shape index (κ1) is 11.9. The van der Waals surface area contributed by atoms with Crippen LogP contribution in [-0.4, -0.2) is 29.8 Å². The molecule has 1 aromatic carbocycles. The van der Waals surface area contributed by atoms with Gasteiger partial charge in [0, 0.05) is 35.4 Å². The van der Waals surface area contributed by atoms with Crippen LogP contribution >= 0.6 is 0 Å². The van der Waals surface area contributed by atoms with Crippen LogP contribution in [0.2, 0.25) is 0 Å². The van der Waals surface area contributed by atoms with E-state index in [1.165, 1.54) is 5.39 Å². The second-order valence-electron chi connectivity index (χ2n) is 5.17. The van der Waals surface area contributed by atoms with Crippen molar-refractivity contribution in [2.75, 3.05) is 0 Å². The van der Waals surface area contributed by atoms with Crippen LogP contribution in [0.4, 0.5) is 0 Å². The first-order valence-corrected chi connectivity index (χ1v) is 6.70. The summed E-state index contributed by atoms with van der Waals surface area (Å²) >= 11 is 0. The molecule has 0 amide bonds. The van der Waals surface area contributed by atoms with Gasteiger partial charge in [0.2, 0.25) is 0 Å². The van der Waals surface area contributed by atoms with Crippen molar-refractivity contribution in [3.05, 3.63) is 48.5 Å². The number of fused-ring (bicyclic) bond motifs is 1. The Labute approximate surface area is 121 Å². The quantitative estimate of drug-likeness (QED) is 0.612. The lowest BCUT2D eigenvalue weighted by Gasteiger charge is -1.99. The number of H-pyrrole nitrogens is 1. The summed E-state index contributed by atoms with van der Waals surface area (Å²) in [5.41, 5.74) is 5.04. The second-order valence-corrected chi connectivity index (χ2v) is 5.17. The molecule has 4 aromatic rings. The molecule has 3 heterocycles. The number of aryl methyl sites for hydroxylation is 2. The van der Waals surface area contributed by atoms with Gasteiger partial charge in [-0.1, -0.05) is 5.21 Å². The van der Waals surface area contributed by atoms with Crippen molar-refractivity contribution < 1.29 is 0 Å². The number of nitrogens with one attached hydrogen (secondary N) is 1. The predicted octanol–water partition coefficient (Wildman–Crippen LogP) is 2.46. The van der Waals surface area contributed by atoms with Gasteiger partial charge in [-0.15, -0.1) is 5.10 Å². The molecule has 0 saturated carbocycles. The van der Waals surface area contributed by atoms with Crippen LogP contribution in [0.25, 0.3) is 27.8 Å². The van der Waals surface area contributed by atoms with Gasteiger partial charge >= 0.3 is 0 Å². The molecular weight excluding hydrogens is 264 g/mol. The summed E-state index contributed by atoms with van der Waals surface area (Å²) in [6.07, 6.45) is 5.62. The first-order valence-electron chi connectivity index (χ1n) is 6.70. The fraction of sp³-hybridized carbons (Fsp3) is 0.133. The third-order valence-electron chi connectivity index (χ3n) is 3.50. The Kier molecular flexibility index (Phi) is 2.44. The average Bonchev–Trinajstić information content (AvgIpc) is 3.15. The predicted molar refractivity (Wildman–Crippen MR) is 80.2 cm³/mol. The van der Waals surface area contributed by atoms with Crippen LogP contribution in [0.5, 0.6) is 0 Å². The summed E-state index contributed by atoms with van der Waals surface area (Å²) in [4.78, 5) is 3.31. The average molecular weight is 278 g/mol. The Bertz CT molecular complexity index is 927. The molecule has 21 heavy (non-hydrogen) atoms. The molecule has 0 fully saturated rings. The van der Waals surface area contributed by atoms with E-state index in [1.54, 1.807) is 15.6 Å². The number of aromatic amines is 1. The van der Waals surface area contributed by atoms with Gasteiger partial charge in [0.05, 0.1) is 18.1 Å². The lowest BCUT2D eigenvalue weighted by Crippen LogP contribution is -1.94. The number of hydrogen-bond acceptors (Lipinski definition) is 3. The molecule has 0 aliphatic carbocycles. The Morgan fingerprint density at radius 1 is 1.14 bits per heavy atom. The molecule has 0 atom stereocenters. The van der Waals surface area contributed by atoms with E-state index in [1.807, 2.05) is 25.5 Å². The molecule has 0 spiro atoms. The Hall–Kier alpha value is -2.89. The molecule has 0 saturated heterocycles. The van der Waals surface area contributed by atoms with E-state index in [2.05, 4.69) is 45.5 Å². The fourth-order valence-corrected chi connectivity index (χ4v) is 2.48. The Morgan fingerprint density at radius 2 is 2.05 bits per heavy atom. The zero-order valence-electron chi connectivity index (χ0n) is 11.8. The maximum atomic E-state index is 4.21. The summed E-state index contributed by atoms with van der Waals surface area (Å²) < 4.78 is 3.53. The normalized spacial score (nSPS) is 11.3. The molecular formula is C15H14N6. The minimum absolute atomic E-state index is 0.813. The highest BCUT2D eigenvalue weighted by atomic mass is 15.4. The zero-order chi connectivity index (χ0) is 14.4. The van der Waals surface area contributed by atoms with Gasteiger partial charge in [0.25, 0.3) is 0 Å².